The molecule has 1 fully saturated rings. The molecule has 2 aromatic rings. The quantitative estimate of drug-likeness (QED) is 0.845. The van der Waals surface area contributed by atoms with Gasteiger partial charge in [0, 0.05) is 43.7 Å². The molecule has 0 aliphatic carbocycles. The molecule has 0 N–H and O–H groups in total. The van der Waals surface area contributed by atoms with Crippen LogP contribution in [0.4, 0.5) is 5.69 Å². The number of rotatable bonds is 3. The van der Waals surface area contributed by atoms with Gasteiger partial charge in [-0.15, -0.1) is 0 Å². The lowest BCUT2D eigenvalue weighted by Crippen LogP contribution is -2.49. The molecule has 2 aromatic carbocycles. The number of benzene rings is 2. The summed E-state index contributed by atoms with van der Waals surface area (Å²) in [5, 5.41) is 0. The molecule has 1 heterocycles. The van der Waals surface area contributed by atoms with Crippen LogP contribution in [0.5, 0.6) is 0 Å². The van der Waals surface area contributed by atoms with E-state index in [-0.39, 0.29) is 10.8 Å². The minimum atomic E-state index is -3.24. The number of sulfone groups is 1. The first-order chi connectivity index (χ1) is 11.9. The highest BCUT2D eigenvalue weighted by molar-refractivity contribution is 7.90. The molecule has 1 aliphatic heterocycles. The SMILES string of the molecule is Cc1ccccc1N1CCN(C(=O)c2ccc(S(C)(=O)=O)cc2)CC1. The van der Waals surface area contributed by atoms with Crippen LogP contribution in [0.2, 0.25) is 0 Å². The van der Waals surface area contributed by atoms with Gasteiger partial charge in [0.05, 0.1) is 4.90 Å². The monoisotopic (exact) mass is 358 g/mol. The predicted octanol–water partition coefficient (Wildman–Crippen LogP) is 2.36. The third-order valence-corrected chi connectivity index (χ3v) is 5.68. The summed E-state index contributed by atoms with van der Waals surface area (Å²) < 4.78 is 23.0. The number of nitrogens with zero attached hydrogens (tertiary/aromatic N) is 2. The number of piperazine rings is 1. The van der Waals surface area contributed by atoms with Crippen LogP contribution in [-0.2, 0) is 9.84 Å². The number of carbonyl (C=O) groups excluding carboxylic acids is 1. The standard InChI is InChI=1S/C19H22N2O3S/c1-15-5-3-4-6-18(15)20-11-13-21(14-12-20)19(22)16-7-9-17(10-8-16)25(2,23)24/h3-10H,11-14H2,1-2H3. The second-order valence-electron chi connectivity index (χ2n) is 6.36. The molecule has 0 spiro atoms. The molecule has 0 radical (unpaired) electrons. The lowest BCUT2D eigenvalue weighted by atomic mass is 10.1. The lowest BCUT2D eigenvalue weighted by Gasteiger charge is -2.36. The Balaban J connectivity index is 1.67. The Morgan fingerprint density at radius 2 is 1.52 bits per heavy atom. The maximum Gasteiger partial charge on any atom is 0.253 e. The van der Waals surface area contributed by atoms with Crippen molar-refractivity contribution in [3.63, 3.8) is 0 Å². The molecular formula is C19H22N2O3S. The van der Waals surface area contributed by atoms with Gasteiger partial charge in [0.15, 0.2) is 9.84 Å². The maximum atomic E-state index is 12.6. The summed E-state index contributed by atoms with van der Waals surface area (Å²) in [6.07, 6.45) is 1.16. The van der Waals surface area contributed by atoms with Gasteiger partial charge in [-0.3, -0.25) is 4.79 Å². The van der Waals surface area contributed by atoms with Crippen molar-refractivity contribution in [1.29, 1.82) is 0 Å². The molecule has 1 amide bonds. The van der Waals surface area contributed by atoms with Crippen molar-refractivity contribution in [1.82, 2.24) is 4.90 Å². The van der Waals surface area contributed by atoms with Gasteiger partial charge >= 0.3 is 0 Å². The summed E-state index contributed by atoms with van der Waals surface area (Å²) in [6.45, 7) is 4.98. The Kier molecular flexibility index (Phi) is 4.81. The van der Waals surface area contributed by atoms with Crippen molar-refractivity contribution in [3.05, 3.63) is 59.7 Å². The van der Waals surface area contributed by atoms with E-state index < -0.39 is 9.84 Å². The van der Waals surface area contributed by atoms with Crippen molar-refractivity contribution >= 4 is 21.4 Å². The molecule has 6 heteroatoms. The van der Waals surface area contributed by atoms with Crippen molar-refractivity contribution in [2.75, 3.05) is 37.3 Å². The summed E-state index contributed by atoms with van der Waals surface area (Å²) in [5.74, 6) is -0.0514. The van der Waals surface area contributed by atoms with Gasteiger partial charge in [0.2, 0.25) is 0 Å². The van der Waals surface area contributed by atoms with Gasteiger partial charge in [-0.25, -0.2) is 8.42 Å². The van der Waals surface area contributed by atoms with Gasteiger partial charge in [-0.1, -0.05) is 18.2 Å². The number of hydrogen-bond acceptors (Lipinski definition) is 4. The molecule has 0 aromatic heterocycles. The Hall–Kier alpha value is -2.34. The van der Waals surface area contributed by atoms with E-state index in [9.17, 15) is 13.2 Å². The summed E-state index contributed by atoms with van der Waals surface area (Å²) in [6, 6.07) is 14.4. The minimum absolute atomic E-state index is 0.0514. The van der Waals surface area contributed by atoms with Gasteiger partial charge in [0.25, 0.3) is 5.91 Å². The van der Waals surface area contributed by atoms with Crippen LogP contribution < -0.4 is 4.90 Å². The van der Waals surface area contributed by atoms with Crippen LogP contribution in [0.25, 0.3) is 0 Å². The van der Waals surface area contributed by atoms with Crippen molar-refractivity contribution in [3.8, 4) is 0 Å². The van der Waals surface area contributed by atoms with Gasteiger partial charge in [-0.05, 0) is 42.8 Å². The van der Waals surface area contributed by atoms with E-state index in [1.807, 2.05) is 17.0 Å². The Labute approximate surface area is 148 Å². The number of aryl methyl sites for hydroxylation is 1. The fraction of sp³-hybridized carbons (Fsp3) is 0.316. The maximum absolute atomic E-state index is 12.6. The van der Waals surface area contributed by atoms with E-state index in [1.54, 1.807) is 12.1 Å². The molecule has 0 atom stereocenters. The summed E-state index contributed by atoms with van der Waals surface area (Å²) >= 11 is 0. The average Bonchev–Trinajstić information content (AvgIpc) is 2.61. The third kappa shape index (κ3) is 3.85. The van der Waals surface area contributed by atoms with Crippen molar-refractivity contribution < 1.29 is 13.2 Å². The Morgan fingerprint density at radius 3 is 2.08 bits per heavy atom. The highest BCUT2D eigenvalue weighted by Gasteiger charge is 2.23. The highest BCUT2D eigenvalue weighted by Crippen LogP contribution is 2.21. The van der Waals surface area contributed by atoms with Crippen LogP contribution in [0, 0.1) is 6.92 Å². The molecule has 3 rings (SSSR count). The Morgan fingerprint density at radius 1 is 0.920 bits per heavy atom. The number of para-hydroxylation sites is 1. The molecule has 1 aliphatic rings. The topological polar surface area (TPSA) is 57.7 Å². The van der Waals surface area contributed by atoms with Crippen LogP contribution >= 0.6 is 0 Å². The number of hydrogen-bond donors (Lipinski definition) is 0. The van der Waals surface area contributed by atoms with Crippen molar-refractivity contribution in [2.45, 2.75) is 11.8 Å². The predicted molar refractivity (Wildman–Crippen MR) is 98.8 cm³/mol. The zero-order valence-corrected chi connectivity index (χ0v) is 15.3. The molecular weight excluding hydrogens is 336 g/mol. The number of carbonyl (C=O) groups is 1. The van der Waals surface area contributed by atoms with Gasteiger partial charge in [0.1, 0.15) is 0 Å². The zero-order chi connectivity index (χ0) is 18.0. The lowest BCUT2D eigenvalue weighted by molar-refractivity contribution is 0.0746. The fourth-order valence-corrected chi connectivity index (χ4v) is 3.73. The van der Waals surface area contributed by atoms with Gasteiger partial charge in [-0.2, -0.15) is 0 Å². The van der Waals surface area contributed by atoms with E-state index in [4.69, 9.17) is 0 Å². The molecule has 5 nitrogen and oxygen atoms in total. The molecule has 0 bridgehead atoms. The van der Waals surface area contributed by atoms with E-state index in [0.29, 0.717) is 18.7 Å². The first-order valence-electron chi connectivity index (χ1n) is 8.26. The van der Waals surface area contributed by atoms with E-state index in [1.165, 1.54) is 23.4 Å². The molecule has 1 saturated heterocycles. The molecule has 132 valence electrons. The molecule has 25 heavy (non-hydrogen) atoms. The van der Waals surface area contributed by atoms with Crippen LogP contribution in [0.1, 0.15) is 15.9 Å². The van der Waals surface area contributed by atoms with E-state index >= 15 is 0 Å². The second kappa shape index (κ2) is 6.88. The number of anilines is 1. The Bertz CT molecular complexity index is 868. The summed E-state index contributed by atoms with van der Waals surface area (Å²) in [7, 11) is -3.24. The summed E-state index contributed by atoms with van der Waals surface area (Å²) in [4.78, 5) is 17.0. The fourth-order valence-electron chi connectivity index (χ4n) is 3.10. The zero-order valence-electron chi connectivity index (χ0n) is 14.5. The van der Waals surface area contributed by atoms with E-state index in [2.05, 4.69) is 24.0 Å². The second-order valence-corrected chi connectivity index (χ2v) is 8.38. The highest BCUT2D eigenvalue weighted by atomic mass is 32.2. The average molecular weight is 358 g/mol. The van der Waals surface area contributed by atoms with Crippen molar-refractivity contribution in [2.24, 2.45) is 0 Å². The first-order valence-corrected chi connectivity index (χ1v) is 10.2. The summed E-state index contributed by atoms with van der Waals surface area (Å²) in [5.41, 5.74) is 2.97. The molecule has 0 unspecified atom stereocenters. The van der Waals surface area contributed by atoms with Gasteiger partial charge < -0.3 is 9.80 Å². The van der Waals surface area contributed by atoms with E-state index in [0.717, 1.165) is 19.3 Å². The van der Waals surface area contributed by atoms with Crippen LogP contribution in [0.15, 0.2) is 53.4 Å². The van der Waals surface area contributed by atoms with Crippen LogP contribution in [0.3, 0.4) is 0 Å². The largest absolute Gasteiger partial charge is 0.368 e. The number of amides is 1. The molecule has 0 saturated carbocycles. The van der Waals surface area contributed by atoms with Crippen LogP contribution in [-0.4, -0.2) is 51.7 Å². The minimum Gasteiger partial charge on any atom is -0.368 e. The normalized spacial score (nSPS) is 15.3. The smallest absolute Gasteiger partial charge is 0.253 e. The third-order valence-electron chi connectivity index (χ3n) is 4.55. The first kappa shape index (κ1) is 17.5.